The summed E-state index contributed by atoms with van der Waals surface area (Å²) in [6.07, 6.45) is 8.12. The summed E-state index contributed by atoms with van der Waals surface area (Å²) in [4.78, 5) is 22.0. The van der Waals surface area contributed by atoms with Crippen molar-refractivity contribution in [1.29, 1.82) is 5.26 Å². The van der Waals surface area contributed by atoms with Gasteiger partial charge in [0, 0.05) is 77.2 Å². The number of piperidine rings is 1. The first-order chi connectivity index (χ1) is 18.5. The van der Waals surface area contributed by atoms with Gasteiger partial charge < -0.3 is 9.80 Å². The van der Waals surface area contributed by atoms with Gasteiger partial charge in [-0.1, -0.05) is 24.3 Å². The summed E-state index contributed by atoms with van der Waals surface area (Å²) in [7, 11) is 0. The lowest BCUT2D eigenvalue weighted by atomic mass is 10.0. The molecule has 0 atom stereocenters. The Hall–Kier alpha value is -3.54. The molecule has 2 saturated heterocycles. The highest BCUT2D eigenvalue weighted by atomic mass is 19.1. The molecule has 1 amide bonds. The number of carbonyl (C=O) groups is 1. The molecule has 3 heterocycles. The van der Waals surface area contributed by atoms with Crippen LogP contribution in [0.25, 0.3) is 0 Å². The molecule has 0 radical (unpaired) electrons. The van der Waals surface area contributed by atoms with Gasteiger partial charge in [-0.2, -0.15) is 5.26 Å². The van der Waals surface area contributed by atoms with E-state index < -0.39 is 11.6 Å². The number of amides is 1. The normalized spacial score (nSPS) is 19.3. The van der Waals surface area contributed by atoms with Gasteiger partial charge in [0.1, 0.15) is 11.6 Å². The number of piperazine rings is 1. The van der Waals surface area contributed by atoms with Gasteiger partial charge in [0.05, 0.1) is 17.2 Å². The first-order valence-electron chi connectivity index (χ1n) is 13.3. The van der Waals surface area contributed by atoms with Crippen LogP contribution in [-0.4, -0.2) is 77.4 Å². The van der Waals surface area contributed by atoms with Crippen LogP contribution in [0.2, 0.25) is 0 Å². The maximum absolute atomic E-state index is 13.5. The molecule has 0 aromatic heterocycles. The van der Waals surface area contributed by atoms with Gasteiger partial charge in [0.15, 0.2) is 0 Å². The van der Waals surface area contributed by atoms with Crippen molar-refractivity contribution in [1.82, 2.24) is 19.6 Å². The topological polar surface area (TPSA) is 53.8 Å². The second-order valence-electron chi connectivity index (χ2n) is 10.3. The third-order valence-corrected chi connectivity index (χ3v) is 7.67. The van der Waals surface area contributed by atoms with Gasteiger partial charge in [-0.3, -0.25) is 14.6 Å². The van der Waals surface area contributed by atoms with Crippen molar-refractivity contribution in [3.8, 4) is 6.07 Å². The first-order valence-corrected chi connectivity index (χ1v) is 13.3. The molecule has 2 fully saturated rings. The Balaban J connectivity index is 1.10. The fraction of sp³-hybridized carbons (Fsp3) is 0.400. The molecule has 0 aliphatic carbocycles. The molecular weight excluding hydrogens is 484 g/mol. The van der Waals surface area contributed by atoms with E-state index in [0.29, 0.717) is 49.9 Å². The van der Waals surface area contributed by atoms with Gasteiger partial charge in [0.25, 0.3) is 5.91 Å². The molecule has 0 unspecified atom stereocenters. The summed E-state index contributed by atoms with van der Waals surface area (Å²) < 4.78 is 27.0. The summed E-state index contributed by atoms with van der Waals surface area (Å²) in [5.41, 5.74) is 3.24. The van der Waals surface area contributed by atoms with Gasteiger partial charge in [-0.15, -0.1) is 0 Å². The van der Waals surface area contributed by atoms with Crippen molar-refractivity contribution in [2.24, 2.45) is 0 Å². The number of benzene rings is 2. The van der Waals surface area contributed by atoms with Crippen LogP contribution < -0.4 is 0 Å². The molecule has 0 spiro atoms. The minimum absolute atomic E-state index is 0.0423. The Bertz CT molecular complexity index is 1220. The Morgan fingerprint density at radius 3 is 2.16 bits per heavy atom. The molecule has 0 bridgehead atoms. The fourth-order valence-electron chi connectivity index (χ4n) is 5.56. The summed E-state index contributed by atoms with van der Waals surface area (Å²) in [6.45, 7) is 6.69. The third kappa shape index (κ3) is 6.47. The molecule has 0 saturated carbocycles. The van der Waals surface area contributed by atoms with E-state index in [2.05, 4.69) is 26.8 Å². The van der Waals surface area contributed by atoms with E-state index in [4.69, 9.17) is 5.26 Å². The summed E-state index contributed by atoms with van der Waals surface area (Å²) in [5.74, 6) is -1.08. The number of hydrogen-bond donors (Lipinski definition) is 0. The van der Waals surface area contributed by atoms with Crippen LogP contribution in [0.1, 0.15) is 29.5 Å². The van der Waals surface area contributed by atoms with Crippen LogP contribution in [0.5, 0.6) is 0 Å². The maximum Gasteiger partial charge on any atom is 0.255 e. The standard InChI is InChI=1S/C30H33F2N5O/c31-27-16-25(17-28(32)18-27)21-35-12-14-36(15-13-35)30(38)26-2-1-9-37(22-26)29-7-10-34(11-8-29)20-24-5-3-23(19-33)4-6-24/h1-6,16-18,22,29H,7-15,20-21H2. The Kier molecular flexibility index (Phi) is 8.16. The second kappa shape index (κ2) is 11.9. The van der Waals surface area contributed by atoms with E-state index in [1.54, 1.807) is 0 Å². The number of hydrogen-bond acceptors (Lipinski definition) is 5. The van der Waals surface area contributed by atoms with E-state index in [9.17, 15) is 13.6 Å². The van der Waals surface area contributed by atoms with Crippen molar-refractivity contribution in [3.63, 3.8) is 0 Å². The van der Waals surface area contributed by atoms with Crippen molar-refractivity contribution in [3.05, 3.63) is 94.7 Å². The first kappa shape index (κ1) is 26.1. The molecule has 6 nitrogen and oxygen atoms in total. The Labute approximate surface area is 223 Å². The number of halogens is 2. The van der Waals surface area contributed by atoms with Gasteiger partial charge in [-0.25, -0.2) is 8.78 Å². The zero-order valence-corrected chi connectivity index (χ0v) is 21.5. The molecule has 3 aliphatic rings. The summed E-state index contributed by atoms with van der Waals surface area (Å²) in [5, 5.41) is 8.98. The minimum atomic E-state index is -0.564. The van der Waals surface area contributed by atoms with E-state index in [0.717, 1.165) is 50.7 Å². The van der Waals surface area contributed by atoms with Gasteiger partial charge in [-0.05, 0) is 48.2 Å². The highest BCUT2D eigenvalue weighted by molar-refractivity contribution is 5.96. The predicted molar refractivity (Wildman–Crippen MR) is 142 cm³/mol. The number of nitriles is 1. The highest BCUT2D eigenvalue weighted by Gasteiger charge is 2.27. The lowest BCUT2D eigenvalue weighted by molar-refractivity contribution is -0.128. The van der Waals surface area contributed by atoms with Crippen molar-refractivity contribution >= 4 is 5.91 Å². The van der Waals surface area contributed by atoms with E-state index in [1.807, 2.05) is 41.4 Å². The quantitative estimate of drug-likeness (QED) is 0.582. The summed E-state index contributed by atoms with van der Waals surface area (Å²) >= 11 is 0. The SMILES string of the molecule is N#Cc1ccc(CN2CCC(N3C=C(C(=O)N4CCN(Cc5cc(F)cc(F)c5)CC4)C=CC3)CC2)cc1. The van der Waals surface area contributed by atoms with Gasteiger partial charge >= 0.3 is 0 Å². The molecule has 3 aliphatic heterocycles. The number of carbonyl (C=O) groups excluding carboxylic acids is 1. The van der Waals surface area contributed by atoms with Crippen LogP contribution in [0.4, 0.5) is 8.78 Å². The molecule has 8 heteroatoms. The smallest absolute Gasteiger partial charge is 0.255 e. The number of likely N-dealkylation sites (tertiary alicyclic amines) is 1. The number of rotatable bonds is 6. The molecule has 5 rings (SSSR count). The molecule has 2 aromatic rings. The van der Waals surface area contributed by atoms with Crippen molar-refractivity contribution in [2.45, 2.75) is 32.0 Å². The van der Waals surface area contributed by atoms with Crippen molar-refractivity contribution in [2.75, 3.05) is 45.8 Å². The molecular formula is C30H33F2N5O. The average Bonchev–Trinajstić information content (AvgIpc) is 2.93. The lowest BCUT2D eigenvalue weighted by Crippen LogP contribution is -2.49. The van der Waals surface area contributed by atoms with Crippen LogP contribution in [0, 0.1) is 23.0 Å². The number of nitrogens with zero attached hydrogens (tertiary/aromatic N) is 5. The average molecular weight is 518 g/mol. The minimum Gasteiger partial charge on any atom is -0.370 e. The third-order valence-electron chi connectivity index (χ3n) is 7.67. The summed E-state index contributed by atoms with van der Waals surface area (Å²) in [6, 6.07) is 14.0. The zero-order chi connectivity index (χ0) is 26.5. The molecule has 0 N–H and O–H groups in total. The zero-order valence-electron chi connectivity index (χ0n) is 21.5. The van der Waals surface area contributed by atoms with Crippen LogP contribution in [-0.2, 0) is 17.9 Å². The highest BCUT2D eigenvalue weighted by Crippen LogP contribution is 2.23. The largest absolute Gasteiger partial charge is 0.370 e. The van der Waals surface area contributed by atoms with Crippen molar-refractivity contribution < 1.29 is 13.6 Å². The van der Waals surface area contributed by atoms with Crippen LogP contribution in [0.15, 0.2) is 66.4 Å². The lowest BCUT2D eigenvalue weighted by Gasteiger charge is -2.39. The fourth-order valence-corrected chi connectivity index (χ4v) is 5.56. The second-order valence-corrected chi connectivity index (χ2v) is 10.3. The predicted octanol–water partition coefficient (Wildman–Crippen LogP) is 3.90. The Morgan fingerprint density at radius 2 is 1.50 bits per heavy atom. The van der Waals surface area contributed by atoms with Crippen LogP contribution >= 0.6 is 0 Å². The molecule has 2 aromatic carbocycles. The monoisotopic (exact) mass is 517 g/mol. The van der Waals surface area contributed by atoms with E-state index >= 15 is 0 Å². The maximum atomic E-state index is 13.5. The van der Waals surface area contributed by atoms with E-state index in [1.165, 1.54) is 17.7 Å². The Morgan fingerprint density at radius 1 is 0.868 bits per heavy atom. The molecule has 198 valence electrons. The molecule has 38 heavy (non-hydrogen) atoms. The van der Waals surface area contributed by atoms with Gasteiger partial charge in [0.2, 0.25) is 0 Å². The van der Waals surface area contributed by atoms with E-state index in [-0.39, 0.29) is 5.91 Å². The van der Waals surface area contributed by atoms with Crippen LogP contribution in [0.3, 0.4) is 0 Å².